The first kappa shape index (κ1) is 14.5. The summed E-state index contributed by atoms with van der Waals surface area (Å²) in [5.74, 6) is 0.826. The number of aromatic nitrogens is 1. The molecule has 2 atom stereocenters. The second-order valence-corrected chi connectivity index (χ2v) is 6.08. The summed E-state index contributed by atoms with van der Waals surface area (Å²) >= 11 is 1.61. The van der Waals surface area contributed by atoms with Crippen molar-refractivity contribution in [2.75, 3.05) is 13.1 Å². The Labute approximate surface area is 119 Å². The summed E-state index contributed by atoms with van der Waals surface area (Å²) in [6.07, 6.45) is 6.81. The molecule has 106 valence electrons. The van der Waals surface area contributed by atoms with Crippen molar-refractivity contribution < 1.29 is 4.79 Å². The number of thiazole rings is 1. The number of carbonyl (C=O) groups is 1. The fraction of sp³-hybridized carbons (Fsp3) is 0.714. The number of piperidine rings is 1. The molecule has 1 amide bonds. The molecule has 0 aromatic carbocycles. The van der Waals surface area contributed by atoms with Gasteiger partial charge in [0.05, 0.1) is 6.04 Å². The van der Waals surface area contributed by atoms with E-state index < -0.39 is 0 Å². The molecule has 5 heteroatoms. The minimum atomic E-state index is 0.0805. The summed E-state index contributed by atoms with van der Waals surface area (Å²) < 4.78 is 0. The van der Waals surface area contributed by atoms with Crippen molar-refractivity contribution in [3.8, 4) is 0 Å². The lowest BCUT2D eigenvalue weighted by Gasteiger charge is -2.22. The van der Waals surface area contributed by atoms with Gasteiger partial charge in [-0.05, 0) is 44.7 Å². The van der Waals surface area contributed by atoms with Gasteiger partial charge in [-0.25, -0.2) is 4.98 Å². The van der Waals surface area contributed by atoms with Gasteiger partial charge in [-0.15, -0.1) is 11.3 Å². The molecule has 1 saturated heterocycles. The maximum Gasteiger partial charge on any atom is 0.220 e. The van der Waals surface area contributed by atoms with Crippen LogP contribution in [-0.4, -0.2) is 24.0 Å². The van der Waals surface area contributed by atoms with Crippen LogP contribution in [0.3, 0.4) is 0 Å². The van der Waals surface area contributed by atoms with Crippen molar-refractivity contribution in [1.82, 2.24) is 15.6 Å². The number of hydrogen-bond acceptors (Lipinski definition) is 4. The van der Waals surface area contributed by atoms with Gasteiger partial charge < -0.3 is 10.6 Å². The van der Waals surface area contributed by atoms with E-state index in [1.165, 1.54) is 12.8 Å². The van der Waals surface area contributed by atoms with Crippen molar-refractivity contribution in [3.05, 3.63) is 16.6 Å². The fourth-order valence-corrected chi connectivity index (χ4v) is 3.29. The molecule has 0 spiro atoms. The van der Waals surface area contributed by atoms with Gasteiger partial charge in [0.15, 0.2) is 0 Å². The second kappa shape index (κ2) is 7.60. The molecule has 0 bridgehead atoms. The Hall–Kier alpha value is -0.940. The van der Waals surface area contributed by atoms with E-state index in [-0.39, 0.29) is 11.9 Å². The van der Waals surface area contributed by atoms with Crippen LogP contribution >= 0.6 is 11.3 Å². The lowest BCUT2D eigenvalue weighted by atomic mass is 9.94. The van der Waals surface area contributed by atoms with E-state index in [9.17, 15) is 4.79 Å². The molecule has 0 aliphatic carbocycles. The summed E-state index contributed by atoms with van der Waals surface area (Å²) in [7, 11) is 0. The van der Waals surface area contributed by atoms with Crippen molar-refractivity contribution >= 4 is 17.2 Å². The Balaban J connectivity index is 1.73. The molecular formula is C14H23N3OS. The average molecular weight is 281 g/mol. The topological polar surface area (TPSA) is 54.0 Å². The van der Waals surface area contributed by atoms with E-state index in [0.717, 1.165) is 30.9 Å². The molecule has 2 unspecified atom stereocenters. The molecule has 2 heterocycles. The first-order valence-corrected chi connectivity index (χ1v) is 8.07. The number of amides is 1. The quantitative estimate of drug-likeness (QED) is 0.842. The zero-order valence-electron chi connectivity index (χ0n) is 11.5. The fourth-order valence-electron chi connectivity index (χ4n) is 2.52. The highest BCUT2D eigenvalue weighted by Gasteiger charge is 2.17. The number of hydrogen-bond donors (Lipinski definition) is 2. The van der Waals surface area contributed by atoms with Gasteiger partial charge in [-0.1, -0.05) is 6.92 Å². The largest absolute Gasteiger partial charge is 0.347 e. The predicted molar refractivity (Wildman–Crippen MR) is 78.1 cm³/mol. The predicted octanol–water partition coefficient (Wildman–Crippen LogP) is 2.49. The van der Waals surface area contributed by atoms with Crippen LogP contribution in [0.1, 0.15) is 50.1 Å². The molecular weight excluding hydrogens is 258 g/mol. The lowest BCUT2D eigenvalue weighted by Crippen LogP contribution is -2.32. The van der Waals surface area contributed by atoms with Crippen LogP contribution in [0.25, 0.3) is 0 Å². The smallest absolute Gasteiger partial charge is 0.220 e. The first-order valence-electron chi connectivity index (χ1n) is 7.19. The van der Waals surface area contributed by atoms with Crippen LogP contribution < -0.4 is 10.6 Å². The molecule has 19 heavy (non-hydrogen) atoms. The number of nitrogens with zero attached hydrogens (tertiary/aromatic N) is 1. The zero-order chi connectivity index (χ0) is 13.5. The Morgan fingerprint density at radius 1 is 1.68 bits per heavy atom. The van der Waals surface area contributed by atoms with Crippen LogP contribution in [0.2, 0.25) is 0 Å². The van der Waals surface area contributed by atoms with Crippen molar-refractivity contribution in [2.24, 2.45) is 5.92 Å². The van der Waals surface area contributed by atoms with E-state index in [4.69, 9.17) is 0 Å². The van der Waals surface area contributed by atoms with E-state index in [1.807, 2.05) is 5.38 Å². The highest BCUT2D eigenvalue weighted by atomic mass is 32.1. The maximum absolute atomic E-state index is 12.0. The molecule has 1 fully saturated rings. The van der Waals surface area contributed by atoms with Crippen molar-refractivity contribution in [2.45, 2.75) is 45.1 Å². The maximum atomic E-state index is 12.0. The molecule has 1 aliphatic heterocycles. The molecule has 2 rings (SSSR count). The lowest BCUT2D eigenvalue weighted by molar-refractivity contribution is -0.122. The first-order chi connectivity index (χ1) is 9.29. The summed E-state index contributed by atoms with van der Waals surface area (Å²) in [5, 5.41) is 9.46. The normalized spacial score (nSPS) is 21.0. The Morgan fingerprint density at radius 2 is 2.58 bits per heavy atom. The van der Waals surface area contributed by atoms with E-state index in [2.05, 4.69) is 22.5 Å². The number of carbonyl (C=O) groups excluding carboxylic acids is 1. The van der Waals surface area contributed by atoms with Gasteiger partial charge in [0.25, 0.3) is 0 Å². The van der Waals surface area contributed by atoms with Crippen LogP contribution in [0.4, 0.5) is 0 Å². The van der Waals surface area contributed by atoms with Crippen molar-refractivity contribution in [1.29, 1.82) is 0 Å². The minimum Gasteiger partial charge on any atom is -0.347 e. The second-order valence-electron chi connectivity index (χ2n) is 5.15. The summed E-state index contributed by atoms with van der Waals surface area (Å²) in [5.41, 5.74) is 0. The Bertz CT molecular complexity index is 374. The standard InChI is InChI=1S/C14H23N3OS/c1-2-12(14-16-8-9-19-14)17-13(18)6-5-11-4-3-7-15-10-11/h8-9,11-12,15H,2-7,10H2,1H3,(H,17,18). The van der Waals surface area contributed by atoms with E-state index in [0.29, 0.717) is 12.3 Å². The van der Waals surface area contributed by atoms with Crippen LogP contribution in [0.15, 0.2) is 11.6 Å². The summed E-state index contributed by atoms with van der Waals surface area (Å²) in [6, 6.07) is 0.0805. The molecule has 1 aromatic rings. The monoisotopic (exact) mass is 281 g/mol. The molecule has 2 N–H and O–H groups in total. The summed E-state index contributed by atoms with van der Waals surface area (Å²) in [4.78, 5) is 16.3. The van der Waals surface area contributed by atoms with Crippen LogP contribution in [0.5, 0.6) is 0 Å². The van der Waals surface area contributed by atoms with Gasteiger partial charge in [-0.2, -0.15) is 0 Å². The highest BCUT2D eigenvalue weighted by molar-refractivity contribution is 7.09. The molecule has 4 nitrogen and oxygen atoms in total. The Kier molecular flexibility index (Phi) is 5.79. The third kappa shape index (κ3) is 4.58. The molecule has 1 aromatic heterocycles. The van der Waals surface area contributed by atoms with Gasteiger partial charge in [0.1, 0.15) is 5.01 Å². The van der Waals surface area contributed by atoms with E-state index in [1.54, 1.807) is 17.5 Å². The number of nitrogens with one attached hydrogen (secondary N) is 2. The van der Waals surface area contributed by atoms with Crippen LogP contribution in [-0.2, 0) is 4.79 Å². The summed E-state index contributed by atoms with van der Waals surface area (Å²) in [6.45, 7) is 4.28. The van der Waals surface area contributed by atoms with Gasteiger partial charge >= 0.3 is 0 Å². The van der Waals surface area contributed by atoms with Gasteiger partial charge in [-0.3, -0.25) is 4.79 Å². The average Bonchev–Trinajstić information content (AvgIpc) is 2.97. The number of rotatable bonds is 6. The van der Waals surface area contributed by atoms with Crippen molar-refractivity contribution in [3.63, 3.8) is 0 Å². The molecule has 0 saturated carbocycles. The third-order valence-electron chi connectivity index (χ3n) is 3.67. The van der Waals surface area contributed by atoms with E-state index >= 15 is 0 Å². The molecule has 0 radical (unpaired) electrons. The zero-order valence-corrected chi connectivity index (χ0v) is 12.3. The van der Waals surface area contributed by atoms with Gasteiger partial charge in [0.2, 0.25) is 5.91 Å². The Morgan fingerprint density at radius 3 is 3.21 bits per heavy atom. The third-order valence-corrected chi connectivity index (χ3v) is 4.56. The SMILES string of the molecule is CCC(NC(=O)CCC1CCCNC1)c1nccs1. The highest BCUT2D eigenvalue weighted by Crippen LogP contribution is 2.20. The minimum absolute atomic E-state index is 0.0805. The van der Waals surface area contributed by atoms with Crippen LogP contribution in [0, 0.1) is 5.92 Å². The molecule has 1 aliphatic rings. The van der Waals surface area contributed by atoms with Gasteiger partial charge in [0, 0.05) is 18.0 Å².